The van der Waals surface area contributed by atoms with E-state index < -0.39 is 0 Å². The number of rotatable bonds is 0. The molecule has 0 spiro atoms. The Morgan fingerprint density at radius 1 is 1.21 bits per heavy atom. The number of fused-ring (bicyclic) bond motifs is 1. The zero-order chi connectivity index (χ0) is 11.0. The molecular weight excluding hydrogens is 178 g/mol. The molecule has 2 N–H and O–H groups in total. The van der Waals surface area contributed by atoms with Gasteiger partial charge in [0.2, 0.25) is 0 Å². The highest BCUT2D eigenvalue weighted by atomic mass is 15.3. The van der Waals surface area contributed by atoms with E-state index in [9.17, 15) is 0 Å². The zero-order valence-electron chi connectivity index (χ0n) is 9.10. The second-order valence-electron chi connectivity index (χ2n) is 2.08. The Kier molecular flexibility index (Phi) is 6.22. The largest absolute Gasteiger partial charge is 0.333 e. The van der Waals surface area contributed by atoms with Gasteiger partial charge in [0, 0.05) is 0 Å². The minimum Gasteiger partial charge on any atom is -0.333 e. The SMILES string of the molecule is CC.CN.Cc1cnc2cncnn12. The van der Waals surface area contributed by atoms with Crippen LogP contribution in [-0.2, 0) is 0 Å². The summed E-state index contributed by atoms with van der Waals surface area (Å²) in [5.74, 6) is 0. The molecule has 14 heavy (non-hydrogen) atoms. The third-order valence-corrected chi connectivity index (χ3v) is 1.36. The summed E-state index contributed by atoms with van der Waals surface area (Å²) < 4.78 is 1.74. The summed E-state index contributed by atoms with van der Waals surface area (Å²) in [7, 11) is 1.50. The van der Waals surface area contributed by atoms with Crippen LogP contribution >= 0.6 is 0 Å². The summed E-state index contributed by atoms with van der Waals surface area (Å²) in [4.78, 5) is 7.89. The lowest BCUT2D eigenvalue weighted by atomic mass is 10.6. The van der Waals surface area contributed by atoms with Gasteiger partial charge in [0.25, 0.3) is 0 Å². The van der Waals surface area contributed by atoms with Crippen molar-refractivity contribution in [2.24, 2.45) is 5.73 Å². The first-order valence-corrected chi connectivity index (χ1v) is 4.56. The predicted molar refractivity (Wildman–Crippen MR) is 57.0 cm³/mol. The number of aromatic nitrogens is 4. The molecule has 0 aliphatic heterocycles. The van der Waals surface area contributed by atoms with E-state index in [1.807, 2.05) is 20.8 Å². The lowest BCUT2D eigenvalue weighted by Crippen LogP contribution is -1.92. The van der Waals surface area contributed by atoms with Gasteiger partial charge in [-0.15, -0.1) is 0 Å². The number of hydrogen-bond donors (Lipinski definition) is 1. The van der Waals surface area contributed by atoms with Crippen LogP contribution in [0.1, 0.15) is 19.5 Å². The van der Waals surface area contributed by atoms with Crippen LogP contribution in [0.2, 0.25) is 0 Å². The van der Waals surface area contributed by atoms with Gasteiger partial charge in [-0.25, -0.2) is 14.5 Å². The van der Waals surface area contributed by atoms with Crippen LogP contribution in [0.25, 0.3) is 5.65 Å². The minimum absolute atomic E-state index is 0.792. The van der Waals surface area contributed by atoms with Crippen molar-refractivity contribution in [1.82, 2.24) is 19.6 Å². The molecule has 0 saturated heterocycles. The van der Waals surface area contributed by atoms with Crippen molar-refractivity contribution in [2.45, 2.75) is 20.8 Å². The van der Waals surface area contributed by atoms with E-state index in [1.54, 1.807) is 16.9 Å². The van der Waals surface area contributed by atoms with Crippen molar-refractivity contribution in [3.8, 4) is 0 Å². The van der Waals surface area contributed by atoms with Crippen LogP contribution in [0.3, 0.4) is 0 Å². The first-order valence-electron chi connectivity index (χ1n) is 4.56. The Labute approximate surface area is 84.0 Å². The zero-order valence-corrected chi connectivity index (χ0v) is 9.10. The fraction of sp³-hybridized carbons (Fsp3) is 0.444. The molecule has 0 amide bonds. The number of hydrogen-bond acceptors (Lipinski definition) is 4. The van der Waals surface area contributed by atoms with Crippen LogP contribution in [0.4, 0.5) is 0 Å². The first-order chi connectivity index (χ1) is 6.88. The molecule has 0 unspecified atom stereocenters. The van der Waals surface area contributed by atoms with E-state index in [0.717, 1.165) is 11.3 Å². The molecule has 2 heterocycles. The molecule has 0 aliphatic rings. The smallest absolute Gasteiger partial charge is 0.172 e. The standard InChI is InChI=1S/C6H6N4.C2H6.CH5N/c1-5-2-8-6-3-7-4-9-10(5)6;2*1-2/h2-4H,1H3;1-2H3;2H2,1H3. The molecular formula is C9H17N5. The van der Waals surface area contributed by atoms with Gasteiger partial charge < -0.3 is 5.73 Å². The average molecular weight is 195 g/mol. The van der Waals surface area contributed by atoms with Crippen LogP contribution in [0.5, 0.6) is 0 Å². The summed E-state index contributed by atoms with van der Waals surface area (Å²) >= 11 is 0. The van der Waals surface area contributed by atoms with Gasteiger partial charge in [-0.05, 0) is 14.0 Å². The van der Waals surface area contributed by atoms with Crippen LogP contribution in [0.15, 0.2) is 18.7 Å². The topological polar surface area (TPSA) is 69.1 Å². The molecule has 0 saturated carbocycles. The van der Waals surface area contributed by atoms with E-state index in [-0.39, 0.29) is 0 Å². The lowest BCUT2D eigenvalue weighted by molar-refractivity contribution is 0.868. The van der Waals surface area contributed by atoms with Crippen molar-refractivity contribution in [2.75, 3.05) is 7.05 Å². The molecule has 0 fully saturated rings. The highest BCUT2D eigenvalue weighted by Crippen LogP contribution is 1.98. The predicted octanol–water partition coefficient (Wildman–Crippen LogP) is 1.03. The molecule has 2 aromatic heterocycles. The summed E-state index contributed by atoms with van der Waals surface area (Å²) in [6, 6.07) is 0. The van der Waals surface area contributed by atoms with Gasteiger partial charge in [-0.1, -0.05) is 13.8 Å². The van der Waals surface area contributed by atoms with Gasteiger partial charge in [-0.2, -0.15) is 5.10 Å². The molecule has 78 valence electrons. The maximum Gasteiger partial charge on any atom is 0.172 e. The highest BCUT2D eigenvalue weighted by Gasteiger charge is 1.95. The second-order valence-corrected chi connectivity index (χ2v) is 2.08. The molecule has 0 atom stereocenters. The van der Waals surface area contributed by atoms with Gasteiger partial charge in [0.1, 0.15) is 6.33 Å². The van der Waals surface area contributed by atoms with Gasteiger partial charge >= 0.3 is 0 Å². The fourth-order valence-electron chi connectivity index (χ4n) is 0.869. The van der Waals surface area contributed by atoms with Crippen molar-refractivity contribution in [1.29, 1.82) is 0 Å². The van der Waals surface area contributed by atoms with E-state index >= 15 is 0 Å². The lowest BCUT2D eigenvalue weighted by Gasteiger charge is -1.89. The van der Waals surface area contributed by atoms with Crippen molar-refractivity contribution >= 4 is 5.65 Å². The van der Waals surface area contributed by atoms with Gasteiger partial charge in [0.15, 0.2) is 5.65 Å². The van der Waals surface area contributed by atoms with E-state index in [2.05, 4.69) is 20.8 Å². The molecule has 2 rings (SSSR count). The monoisotopic (exact) mass is 195 g/mol. The van der Waals surface area contributed by atoms with Gasteiger partial charge in [-0.3, -0.25) is 0 Å². The maximum absolute atomic E-state index is 4.50. The third-order valence-electron chi connectivity index (χ3n) is 1.36. The molecule has 0 aromatic carbocycles. The average Bonchev–Trinajstić information content (AvgIpc) is 2.67. The summed E-state index contributed by atoms with van der Waals surface area (Å²) in [6.07, 6.45) is 4.95. The maximum atomic E-state index is 4.50. The van der Waals surface area contributed by atoms with Gasteiger partial charge in [0.05, 0.1) is 18.1 Å². The van der Waals surface area contributed by atoms with E-state index in [4.69, 9.17) is 0 Å². The Hall–Kier alpha value is -1.49. The molecule has 2 aromatic rings. The van der Waals surface area contributed by atoms with E-state index in [0.29, 0.717) is 0 Å². The normalized spacial score (nSPS) is 8.36. The van der Waals surface area contributed by atoms with Crippen molar-refractivity contribution in [3.05, 3.63) is 24.4 Å². The van der Waals surface area contributed by atoms with E-state index in [1.165, 1.54) is 13.4 Å². The Morgan fingerprint density at radius 3 is 2.43 bits per heavy atom. The summed E-state index contributed by atoms with van der Waals surface area (Å²) in [5, 5.41) is 3.98. The summed E-state index contributed by atoms with van der Waals surface area (Å²) in [5.41, 5.74) is 6.32. The van der Waals surface area contributed by atoms with Crippen LogP contribution in [0, 0.1) is 6.92 Å². The summed E-state index contributed by atoms with van der Waals surface area (Å²) in [6.45, 7) is 5.95. The Morgan fingerprint density at radius 2 is 1.86 bits per heavy atom. The highest BCUT2D eigenvalue weighted by molar-refractivity contribution is 5.34. The number of nitrogens with two attached hydrogens (primary N) is 1. The van der Waals surface area contributed by atoms with Crippen molar-refractivity contribution < 1.29 is 0 Å². The molecule has 5 heteroatoms. The fourth-order valence-corrected chi connectivity index (χ4v) is 0.869. The molecule has 5 nitrogen and oxygen atoms in total. The van der Waals surface area contributed by atoms with Crippen LogP contribution < -0.4 is 5.73 Å². The minimum atomic E-state index is 0.792. The number of imidazole rings is 1. The third kappa shape index (κ3) is 2.77. The quantitative estimate of drug-likeness (QED) is 0.681. The molecule has 0 bridgehead atoms. The van der Waals surface area contributed by atoms with Crippen LogP contribution in [-0.4, -0.2) is 26.6 Å². The first kappa shape index (κ1) is 12.5. The molecule has 0 aliphatic carbocycles. The Bertz CT molecular complexity index is 355. The second kappa shape index (κ2) is 6.97. The molecule has 0 radical (unpaired) electrons. The van der Waals surface area contributed by atoms with Crippen molar-refractivity contribution in [3.63, 3.8) is 0 Å². The number of aryl methyl sites for hydroxylation is 1. The number of nitrogens with zero attached hydrogens (tertiary/aromatic N) is 4. The Balaban J connectivity index is 0.000000379.